The smallest absolute Gasteiger partial charge is 0.257 e. The van der Waals surface area contributed by atoms with Crippen molar-refractivity contribution in [1.29, 1.82) is 0 Å². The van der Waals surface area contributed by atoms with Crippen LogP contribution in [0.3, 0.4) is 0 Å². The number of rotatable bonds is 5. The van der Waals surface area contributed by atoms with Gasteiger partial charge in [0.15, 0.2) is 5.82 Å². The minimum Gasteiger partial charge on any atom is -0.478 e. The van der Waals surface area contributed by atoms with Crippen LogP contribution in [0.15, 0.2) is 48.5 Å². The molecule has 1 aromatic heterocycles. The average molecular weight is 411 g/mol. The van der Waals surface area contributed by atoms with Gasteiger partial charge in [0.05, 0.1) is 24.1 Å². The average Bonchev–Trinajstić information content (AvgIpc) is 2.77. The highest BCUT2D eigenvalue weighted by Gasteiger charge is 2.28. The number of benzene rings is 2. The Morgan fingerprint density at radius 3 is 2.62 bits per heavy atom. The number of fused-ring (bicyclic) bond motifs is 1. The number of halogens is 1. The zero-order valence-electron chi connectivity index (χ0n) is 16.3. The van der Waals surface area contributed by atoms with Crippen molar-refractivity contribution >= 4 is 34.4 Å². The molecule has 2 heterocycles. The van der Waals surface area contributed by atoms with Crippen LogP contribution < -0.4 is 15.0 Å². The van der Waals surface area contributed by atoms with E-state index in [-0.39, 0.29) is 11.8 Å². The second kappa shape index (κ2) is 8.66. The Bertz CT molecular complexity index is 1010. The molecule has 1 atom stereocenters. The Morgan fingerprint density at radius 1 is 1.17 bits per heavy atom. The number of anilines is 1. The Labute approximate surface area is 174 Å². The fourth-order valence-corrected chi connectivity index (χ4v) is 3.76. The Morgan fingerprint density at radius 2 is 1.90 bits per heavy atom. The van der Waals surface area contributed by atoms with Crippen molar-refractivity contribution in [2.75, 3.05) is 25.1 Å². The number of hydrogen-bond donors (Lipinski definition) is 1. The van der Waals surface area contributed by atoms with E-state index < -0.39 is 0 Å². The SMILES string of the molecule is COc1nc2ccccc2nc1N1CCC[C@@H](C(=O)NCc2ccc(Cl)cc2)C1. The maximum atomic E-state index is 12.8. The second-order valence-corrected chi connectivity index (χ2v) is 7.61. The first kappa shape index (κ1) is 19.5. The first-order valence-electron chi connectivity index (χ1n) is 9.72. The molecule has 0 aliphatic carbocycles. The summed E-state index contributed by atoms with van der Waals surface area (Å²) in [5, 5.41) is 3.73. The number of para-hydroxylation sites is 2. The standard InChI is InChI=1S/C22H23ClN4O2/c1-29-22-20(25-18-6-2-3-7-19(18)26-22)27-12-4-5-16(14-27)21(28)24-13-15-8-10-17(23)11-9-15/h2-3,6-11,16H,4-5,12-14H2,1H3,(H,24,28)/t16-/m1/s1. The Kier molecular flexibility index (Phi) is 5.81. The van der Waals surface area contributed by atoms with Gasteiger partial charge in [0.25, 0.3) is 5.88 Å². The lowest BCUT2D eigenvalue weighted by Gasteiger charge is -2.33. The van der Waals surface area contributed by atoms with Gasteiger partial charge in [-0.05, 0) is 42.7 Å². The molecule has 2 aromatic carbocycles. The van der Waals surface area contributed by atoms with Crippen LogP contribution in [0.1, 0.15) is 18.4 Å². The molecule has 0 radical (unpaired) electrons. The molecule has 0 saturated carbocycles. The summed E-state index contributed by atoms with van der Waals surface area (Å²) in [7, 11) is 1.60. The molecule has 1 aliphatic heterocycles. The van der Waals surface area contributed by atoms with Crippen LogP contribution in [0, 0.1) is 5.92 Å². The van der Waals surface area contributed by atoms with Crippen LogP contribution in [0.4, 0.5) is 5.82 Å². The zero-order chi connectivity index (χ0) is 20.2. The third kappa shape index (κ3) is 4.43. The predicted octanol–water partition coefficient (Wildman–Crippen LogP) is 3.82. The Hall–Kier alpha value is -2.86. The molecule has 0 spiro atoms. The number of nitrogens with one attached hydrogen (secondary N) is 1. The third-order valence-corrected chi connectivity index (χ3v) is 5.44. The predicted molar refractivity (Wildman–Crippen MR) is 114 cm³/mol. The molecule has 4 rings (SSSR count). The second-order valence-electron chi connectivity index (χ2n) is 7.17. The van der Waals surface area contributed by atoms with Crippen molar-refractivity contribution in [2.45, 2.75) is 19.4 Å². The molecule has 1 amide bonds. The molecule has 1 saturated heterocycles. The normalized spacial score (nSPS) is 16.6. The first-order chi connectivity index (χ1) is 14.1. The van der Waals surface area contributed by atoms with Gasteiger partial charge < -0.3 is 15.0 Å². The van der Waals surface area contributed by atoms with Gasteiger partial charge in [-0.25, -0.2) is 9.97 Å². The quantitative estimate of drug-likeness (QED) is 0.692. The molecular weight excluding hydrogens is 388 g/mol. The maximum Gasteiger partial charge on any atom is 0.257 e. The molecule has 150 valence electrons. The summed E-state index contributed by atoms with van der Waals surface area (Å²) < 4.78 is 5.49. The molecule has 7 heteroatoms. The van der Waals surface area contributed by atoms with Gasteiger partial charge in [0, 0.05) is 24.7 Å². The minimum absolute atomic E-state index is 0.0531. The number of hydrogen-bond acceptors (Lipinski definition) is 5. The highest BCUT2D eigenvalue weighted by atomic mass is 35.5. The van der Waals surface area contributed by atoms with E-state index in [0.717, 1.165) is 36.0 Å². The highest BCUT2D eigenvalue weighted by molar-refractivity contribution is 6.30. The number of carbonyl (C=O) groups excluding carboxylic acids is 1. The first-order valence-corrected chi connectivity index (χ1v) is 10.1. The van der Waals surface area contributed by atoms with Crippen LogP contribution in [0.2, 0.25) is 5.02 Å². The molecule has 0 unspecified atom stereocenters. The molecule has 1 N–H and O–H groups in total. The van der Waals surface area contributed by atoms with Crippen molar-refractivity contribution in [3.63, 3.8) is 0 Å². The molecule has 3 aromatic rings. The van der Waals surface area contributed by atoms with Crippen molar-refractivity contribution in [1.82, 2.24) is 15.3 Å². The van der Waals surface area contributed by atoms with Gasteiger partial charge >= 0.3 is 0 Å². The molecular formula is C22H23ClN4O2. The van der Waals surface area contributed by atoms with E-state index >= 15 is 0 Å². The highest BCUT2D eigenvalue weighted by Crippen LogP contribution is 2.30. The third-order valence-electron chi connectivity index (χ3n) is 5.19. The summed E-state index contributed by atoms with van der Waals surface area (Å²) in [6, 6.07) is 15.2. The summed E-state index contributed by atoms with van der Waals surface area (Å²) in [6.45, 7) is 1.91. The minimum atomic E-state index is -0.103. The largest absolute Gasteiger partial charge is 0.478 e. The number of amides is 1. The Balaban J connectivity index is 1.47. The van der Waals surface area contributed by atoms with E-state index in [2.05, 4.69) is 15.2 Å². The van der Waals surface area contributed by atoms with Crippen LogP contribution >= 0.6 is 11.6 Å². The fourth-order valence-electron chi connectivity index (χ4n) is 3.64. The fraction of sp³-hybridized carbons (Fsp3) is 0.318. The van der Waals surface area contributed by atoms with Gasteiger partial charge in [-0.3, -0.25) is 4.79 Å². The summed E-state index contributed by atoms with van der Waals surface area (Å²) in [5.74, 6) is 1.14. The van der Waals surface area contributed by atoms with Crippen LogP contribution in [0.5, 0.6) is 5.88 Å². The topological polar surface area (TPSA) is 67.4 Å². The summed E-state index contributed by atoms with van der Waals surface area (Å²) in [5.41, 5.74) is 2.64. The van der Waals surface area contributed by atoms with Crippen LogP contribution in [0.25, 0.3) is 11.0 Å². The number of carbonyl (C=O) groups is 1. The van der Waals surface area contributed by atoms with E-state index in [9.17, 15) is 4.79 Å². The maximum absolute atomic E-state index is 12.8. The molecule has 0 bridgehead atoms. The van der Waals surface area contributed by atoms with Crippen molar-refractivity contribution in [3.05, 3.63) is 59.1 Å². The van der Waals surface area contributed by atoms with E-state index in [1.165, 1.54) is 0 Å². The van der Waals surface area contributed by atoms with Gasteiger partial charge in [0.1, 0.15) is 0 Å². The van der Waals surface area contributed by atoms with Crippen molar-refractivity contribution in [2.24, 2.45) is 5.92 Å². The molecule has 6 nitrogen and oxygen atoms in total. The van der Waals surface area contributed by atoms with Gasteiger partial charge in [-0.1, -0.05) is 35.9 Å². The summed E-state index contributed by atoms with van der Waals surface area (Å²) in [6.07, 6.45) is 1.77. The number of methoxy groups -OCH3 is 1. The van der Waals surface area contributed by atoms with Crippen molar-refractivity contribution < 1.29 is 9.53 Å². The van der Waals surface area contributed by atoms with E-state index in [4.69, 9.17) is 21.3 Å². The van der Waals surface area contributed by atoms with Gasteiger partial charge in [-0.15, -0.1) is 0 Å². The molecule has 1 aliphatic rings. The van der Waals surface area contributed by atoms with Gasteiger partial charge in [0.2, 0.25) is 5.91 Å². The lowest BCUT2D eigenvalue weighted by Crippen LogP contribution is -2.43. The molecule has 29 heavy (non-hydrogen) atoms. The van der Waals surface area contributed by atoms with E-state index in [1.54, 1.807) is 7.11 Å². The lowest BCUT2D eigenvalue weighted by atomic mass is 9.97. The number of piperidine rings is 1. The van der Waals surface area contributed by atoms with Crippen molar-refractivity contribution in [3.8, 4) is 5.88 Å². The number of ether oxygens (including phenoxy) is 1. The summed E-state index contributed by atoms with van der Waals surface area (Å²) >= 11 is 5.92. The lowest BCUT2D eigenvalue weighted by molar-refractivity contribution is -0.125. The zero-order valence-corrected chi connectivity index (χ0v) is 17.0. The van der Waals surface area contributed by atoms with Gasteiger partial charge in [-0.2, -0.15) is 0 Å². The summed E-state index contributed by atoms with van der Waals surface area (Å²) in [4.78, 5) is 24.2. The van der Waals surface area contributed by atoms with E-state index in [1.807, 2.05) is 48.5 Å². The van der Waals surface area contributed by atoms with E-state index in [0.29, 0.717) is 29.8 Å². The number of nitrogens with zero attached hydrogens (tertiary/aromatic N) is 3. The van der Waals surface area contributed by atoms with Crippen LogP contribution in [-0.4, -0.2) is 36.1 Å². The van der Waals surface area contributed by atoms with Crippen LogP contribution in [-0.2, 0) is 11.3 Å². The molecule has 1 fully saturated rings. The number of aromatic nitrogens is 2. The monoisotopic (exact) mass is 410 g/mol.